The lowest BCUT2D eigenvalue weighted by atomic mass is 9.88. The van der Waals surface area contributed by atoms with Gasteiger partial charge >= 0.3 is 0 Å². The number of carbonyl (C=O) groups excluding carboxylic acids is 1. The van der Waals surface area contributed by atoms with E-state index in [-0.39, 0.29) is 11.8 Å². The first-order valence-electron chi connectivity index (χ1n) is 10.2. The summed E-state index contributed by atoms with van der Waals surface area (Å²) >= 11 is 0. The predicted octanol–water partition coefficient (Wildman–Crippen LogP) is 4.06. The third-order valence-corrected chi connectivity index (χ3v) is 5.48. The first-order valence-corrected chi connectivity index (χ1v) is 10.2. The van der Waals surface area contributed by atoms with Crippen molar-refractivity contribution in [3.05, 3.63) is 102 Å². The van der Waals surface area contributed by atoms with Crippen molar-refractivity contribution >= 4 is 11.6 Å². The number of rotatable bonds is 6. The van der Waals surface area contributed by atoms with Gasteiger partial charge in [0.25, 0.3) is 0 Å². The molecule has 1 heterocycles. The molecule has 0 saturated carbocycles. The Labute approximate surface area is 172 Å². The summed E-state index contributed by atoms with van der Waals surface area (Å²) in [5, 5.41) is 2.05. The van der Waals surface area contributed by atoms with Crippen LogP contribution in [0.5, 0.6) is 0 Å². The molecule has 0 atom stereocenters. The van der Waals surface area contributed by atoms with Gasteiger partial charge in [0.2, 0.25) is 5.91 Å². The molecule has 1 amide bonds. The van der Waals surface area contributed by atoms with Gasteiger partial charge in [0, 0.05) is 44.2 Å². The fraction of sp³-hybridized carbons (Fsp3) is 0.240. The average Bonchev–Trinajstić information content (AvgIpc) is 2.80. The molecule has 4 nitrogen and oxygen atoms in total. The summed E-state index contributed by atoms with van der Waals surface area (Å²) in [5.74, 6) is 0.124. The van der Waals surface area contributed by atoms with Crippen molar-refractivity contribution in [2.45, 2.75) is 12.3 Å². The quantitative estimate of drug-likeness (QED) is 0.695. The van der Waals surface area contributed by atoms with E-state index in [0.29, 0.717) is 6.42 Å². The molecule has 29 heavy (non-hydrogen) atoms. The standard InChI is InChI=1S/C25H27N3O/c29-25(26-28-18-16-27(17-19-28)23-14-8-3-9-15-23)20-24(21-10-4-1-5-11-21)22-12-6-2-7-13-22/h1-15,24H,16-20H2,(H,26,29). The number of benzene rings is 3. The molecule has 0 bridgehead atoms. The zero-order valence-corrected chi connectivity index (χ0v) is 16.6. The predicted molar refractivity (Wildman–Crippen MR) is 118 cm³/mol. The summed E-state index contributed by atoms with van der Waals surface area (Å²) in [4.78, 5) is 15.2. The number of nitrogens with one attached hydrogen (secondary N) is 1. The molecule has 4 heteroatoms. The van der Waals surface area contributed by atoms with Crippen molar-refractivity contribution < 1.29 is 4.79 Å². The second kappa shape index (κ2) is 9.39. The van der Waals surface area contributed by atoms with Crippen LogP contribution in [-0.2, 0) is 4.79 Å². The van der Waals surface area contributed by atoms with Crippen LogP contribution in [0.25, 0.3) is 0 Å². The van der Waals surface area contributed by atoms with Gasteiger partial charge in [-0.05, 0) is 23.3 Å². The van der Waals surface area contributed by atoms with Crippen LogP contribution in [0.2, 0.25) is 0 Å². The van der Waals surface area contributed by atoms with E-state index in [9.17, 15) is 4.79 Å². The van der Waals surface area contributed by atoms with Crippen LogP contribution < -0.4 is 10.3 Å². The second-order valence-electron chi connectivity index (χ2n) is 7.42. The van der Waals surface area contributed by atoms with E-state index in [2.05, 4.69) is 63.9 Å². The molecular formula is C25H27N3O. The summed E-state index contributed by atoms with van der Waals surface area (Å²) in [5.41, 5.74) is 6.71. The Morgan fingerprint density at radius 2 is 1.21 bits per heavy atom. The lowest BCUT2D eigenvalue weighted by Gasteiger charge is -2.36. The molecule has 0 spiro atoms. The smallest absolute Gasteiger partial charge is 0.235 e. The number of anilines is 1. The van der Waals surface area contributed by atoms with E-state index in [1.54, 1.807) is 0 Å². The number of carbonyl (C=O) groups is 1. The van der Waals surface area contributed by atoms with Gasteiger partial charge in [0.15, 0.2) is 0 Å². The van der Waals surface area contributed by atoms with Gasteiger partial charge in [-0.2, -0.15) is 0 Å². The van der Waals surface area contributed by atoms with Crippen LogP contribution in [0.4, 0.5) is 5.69 Å². The minimum absolute atomic E-state index is 0.0583. The lowest BCUT2D eigenvalue weighted by Crippen LogP contribution is -2.53. The van der Waals surface area contributed by atoms with Crippen LogP contribution in [-0.4, -0.2) is 37.1 Å². The van der Waals surface area contributed by atoms with Crippen LogP contribution >= 0.6 is 0 Å². The number of nitrogens with zero attached hydrogens (tertiary/aromatic N) is 2. The maximum absolute atomic E-state index is 12.9. The SMILES string of the molecule is O=C(CC(c1ccccc1)c1ccccc1)NN1CCN(c2ccccc2)CC1. The minimum atomic E-state index is 0.0583. The summed E-state index contributed by atoms with van der Waals surface area (Å²) in [6, 6.07) is 31.0. The molecule has 1 fully saturated rings. The molecule has 4 rings (SSSR count). The van der Waals surface area contributed by atoms with E-state index in [0.717, 1.165) is 26.2 Å². The second-order valence-corrected chi connectivity index (χ2v) is 7.42. The molecular weight excluding hydrogens is 358 g/mol. The highest BCUT2D eigenvalue weighted by atomic mass is 16.2. The topological polar surface area (TPSA) is 35.6 Å². The van der Waals surface area contributed by atoms with Gasteiger partial charge < -0.3 is 4.90 Å². The van der Waals surface area contributed by atoms with Crippen molar-refractivity contribution in [3.8, 4) is 0 Å². The summed E-state index contributed by atoms with van der Waals surface area (Å²) in [7, 11) is 0. The Morgan fingerprint density at radius 3 is 1.72 bits per heavy atom. The van der Waals surface area contributed by atoms with Crippen molar-refractivity contribution in [2.24, 2.45) is 0 Å². The number of hydrogen-bond donors (Lipinski definition) is 1. The van der Waals surface area contributed by atoms with Crippen molar-refractivity contribution in [1.29, 1.82) is 0 Å². The van der Waals surface area contributed by atoms with Gasteiger partial charge in [-0.1, -0.05) is 78.9 Å². The largest absolute Gasteiger partial charge is 0.369 e. The van der Waals surface area contributed by atoms with E-state index >= 15 is 0 Å². The van der Waals surface area contributed by atoms with Gasteiger partial charge in [0.1, 0.15) is 0 Å². The van der Waals surface area contributed by atoms with Crippen LogP contribution in [0.1, 0.15) is 23.5 Å². The summed E-state index contributed by atoms with van der Waals surface area (Å²) in [6.07, 6.45) is 0.437. The maximum atomic E-state index is 12.9. The molecule has 1 aliphatic heterocycles. The van der Waals surface area contributed by atoms with Crippen molar-refractivity contribution in [3.63, 3.8) is 0 Å². The normalized spacial score (nSPS) is 14.7. The Hall–Kier alpha value is -3.11. The highest BCUT2D eigenvalue weighted by Gasteiger charge is 2.22. The first-order chi connectivity index (χ1) is 14.3. The highest BCUT2D eigenvalue weighted by molar-refractivity contribution is 5.77. The molecule has 0 radical (unpaired) electrons. The van der Waals surface area contributed by atoms with Crippen molar-refractivity contribution in [2.75, 3.05) is 31.1 Å². The highest BCUT2D eigenvalue weighted by Crippen LogP contribution is 2.27. The number of hydrazine groups is 1. The van der Waals surface area contributed by atoms with E-state index in [1.807, 2.05) is 42.5 Å². The van der Waals surface area contributed by atoms with E-state index in [4.69, 9.17) is 0 Å². The summed E-state index contributed by atoms with van der Waals surface area (Å²) in [6.45, 7) is 3.46. The zero-order valence-electron chi connectivity index (χ0n) is 16.6. The average molecular weight is 386 g/mol. The van der Waals surface area contributed by atoms with E-state index in [1.165, 1.54) is 16.8 Å². The van der Waals surface area contributed by atoms with Gasteiger partial charge in [-0.3, -0.25) is 10.2 Å². The number of hydrogen-bond acceptors (Lipinski definition) is 3. The Kier molecular flexibility index (Phi) is 6.22. The minimum Gasteiger partial charge on any atom is -0.369 e. The molecule has 148 valence electrons. The van der Waals surface area contributed by atoms with E-state index < -0.39 is 0 Å². The molecule has 0 unspecified atom stereocenters. The fourth-order valence-corrected chi connectivity index (χ4v) is 3.92. The lowest BCUT2D eigenvalue weighted by molar-refractivity contribution is -0.126. The Morgan fingerprint density at radius 1 is 0.724 bits per heavy atom. The van der Waals surface area contributed by atoms with Crippen LogP contribution in [0.15, 0.2) is 91.0 Å². The van der Waals surface area contributed by atoms with Crippen molar-refractivity contribution in [1.82, 2.24) is 10.4 Å². The third-order valence-electron chi connectivity index (χ3n) is 5.48. The van der Waals surface area contributed by atoms with Crippen LogP contribution in [0.3, 0.4) is 0 Å². The molecule has 1 aliphatic rings. The first kappa shape index (κ1) is 19.2. The fourth-order valence-electron chi connectivity index (χ4n) is 3.92. The molecule has 0 aromatic heterocycles. The molecule has 1 N–H and O–H groups in total. The summed E-state index contributed by atoms with van der Waals surface area (Å²) < 4.78 is 0. The van der Waals surface area contributed by atoms with Gasteiger partial charge in [-0.15, -0.1) is 0 Å². The van der Waals surface area contributed by atoms with Gasteiger partial charge in [-0.25, -0.2) is 5.01 Å². The van der Waals surface area contributed by atoms with Crippen LogP contribution in [0, 0.1) is 0 Å². The maximum Gasteiger partial charge on any atom is 0.235 e. The molecule has 1 saturated heterocycles. The van der Waals surface area contributed by atoms with Gasteiger partial charge in [0.05, 0.1) is 0 Å². The Balaban J connectivity index is 1.37. The molecule has 0 aliphatic carbocycles. The number of para-hydroxylation sites is 1. The molecule has 3 aromatic carbocycles. The molecule has 3 aromatic rings. The number of amides is 1. The Bertz CT molecular complexity index is 852. The monoisotopic (exact) mass is 385 g/mol. The third kappa shape index (κ3) is 5.04. The number of piperazine rings is 1. The zero-order chi connectivity index (χ0) is 19.9.